The van der Waals surface area contributed by atoms with Crippen LogP contribution < -0.4 is 10.6 Å². The van der Waals surface area contributed by atoms with Crippen LogP contribution in [0.1, 0.15) is 25.7 Å². The molecule has 0 aromatic heterocycles. The lowest BCUT2D eigenvalue weighted by atomic mass is 10.2. The summed E-state index contributed by atoms with van der Waals surface area (Å²) in [5, 5.41) is 5.68. The van der Waals surface area contributed by atoms with E-state index in [2.05, 4.69) is 10.6 Å². The Labute approximate surface area is 73.9 Å². The van der Waals surface area contributed by atoms with E-state index in [4.69, 9.17) is 0 Å². The van der Waals surface area contributed by atoms with Crippen molar-refractivity contribution < 1.29 is 4.79 Å². The molecule has 0 radical (unpaired) electrons. The zero-order chi connectivity index (χ0) is 8.81. The maximum absolute atomic E-state index is 10.7. The van der Waals surface area contributed by atoms with E-state index in [-0.39, 0.29) is 5.91 Å². The van der Waals surface area contributed by atoms with Crippen molar-refractivity contribution in [2.75, 3.05) is 20.1 Å². The Balaban J connectivity index is 1.78. The van der Waals surface area contributed by atoms with Crippen molar-refractivity contribution in [1.82, 2.24) is 10.6 Å². The van der Waals surface area contributed by atoms with E-state index in [1.165, 1.54) is 25.7 Å². The summed E-state index contributed by atoms with van der Waals surface area (Å²) in [5.41, 5.74) is 0. The van der Waals surface area contributed by atoms with Gasteiger partial charge >= 0.3 is 0 Å². The summed E-state index contributed by atoms with van der Waals surface area (Å²) in [6.45, 7) is 1.44. The first-order valence-corrected chi connectivity index (χ1v) is 4.74. The van der Waals surface area contributed by atoms with Gasteiger partial charge in [-0.25, -0.2) is 0 Å². The summed E-state index contributed by atoms with van der Waals surface area (Å²) in [6.07, 6.45) is 5.40. The Hall–Kier alpha value is -0.570. The second-order valence-electron chi connectivity index (χ2n) is 3.44. The number of hydrogen-bond acceptors (Lipinski definition) is 2. The van der Waals surface area contributed by atoms with Crippen molar-refractivity contribution in [3.8, 4) is 0 Å². The first kappa shape index (κ1) is 9.52. The molecule has 0 aromatic rings. The fraction of sp³-hybridized carbons (Fsp3) is 0.889. The Kier molecular flexibility index (Phi) is 4.08. The average molecular weight is 170 g/mol. The van der Waals surface area contributed by atoms with Gasteiger partial charge in [-0.3, -0.25) is 4.79 Å². The highest BCUT2D eigenvalue weighted by molar-refractivity contribution is 5.77. The molecule has 0 heterocycles. The van der Waals surface area contributed by atoms with E-state index in [9.17, 15) is 4.79 Å². The topological polar surface area (TPSA) is 41.1 Å². The van der Waals surface area contributed by atoms with E-state index in [0.29, 0.717) is 6.54 Å². The monoisotopic (exact) mass is 170 g/mol. The van der Waals surface area contributed by atoms with Crippen LogP contribution in [0, 0.1) is 5.92 Å². The third kappa shape index (κ3) is 4.34. The molecule has 1 aliphatic rings. The van der Waals surface area contributed by atoms with Crippen LogP contribution in [0.15, 0.2) is 0 Å². The molecule has 0 aromatic carbocycles. The number of carbonyl (C=O) groups is 1. The summed E-state index contributed by atoms with van der Waals surface area (Å²) in [5.74, 6) is 1.08. The number of likely N-dealkylation sites (N-methyl/N-ethyl adjacent to an activating group) is 1. The minimum atomic E-state index is 0.0708. The van der Waals surface area contributed by atoms with Gasteiger partial charge in [-0.05, 0) is 25.3 Å². The zero-order valence-corrected chi connectivity index (χ0v) is 7.73. The molecule has 1 fully saturated rings. The lowest BCUT2D eigenvalue weighted by Crippen LogP contribution is -2.31. The predicted octanol–water partition coefficient (Wildman–Crippen LogP) is 0.512. The molecule has 0 bridgehead atoms. The zero-order valence-electron chi connectivity index (χ0n) is 7.73. The van der Waals surface area contributed by atoms with Crippen molar-refractivity contribution in [3.63, 3.8) is 0 Å². The molecular formula is C9H18N2O. The van der Waals surface area contributed by atoms with Crippen molar-refractivity contribution in [2.24, 2.45) is 5.92 Å². The molecule has 1 amide bonds. The fourth-order valence-corrected chi connectivity index (χ4v) is 1.21. The summed E-state index contributed by atoms with van der Waals surface area (Å²) >= 11 is 0. The largest absolute Gasteiger partial charge is 0.358 e. The molecule has 1 saturated carbocycles. The highest BCUT2D eigenvalue weighted by Crippen LogP contribution is 2.33. The smallest absolute Gasteiger partial charge is 0.233 e. The Morgan fingerprint density at radius 1 is 1.50 bits per heavy atom. The predicted molar refractivity (Wildman–Crippen MR) is 48.9 cm³/mol. The molecule has 3 nitrogen and oxygen atoms in total. The van der Waals surface area contributed by atoms with Crippen LogP contribution in [-0.2, 0) is 4.79 Å². The van der Waals surface area contributed by atoms with Crippen LogP contribution >= 0.6 is 0 Å². The van der Waals surface area contributed by atoms with E-state index in [0.717, 1.165) is 12.5 Å². The maximum Gasteiger partial charge on any atom is 0.233 e. The summed E-state index contributed by atoms with van der Waals surface area (Å²) < 4.78 is 0. The average Bonchev–Trinajstić information content (AvgIpc) is 2.87. The van der Waals surface area contributed by atoms with Gasteiger partial charge in [0.15, 0.2) is 0 Å². The molecule has 0 spiro atoms. The number of nitrogens with one attached hydrogen (secondary N) is 2. The third-order valence-corrected chi connectivity index (χ3v) is 2.23. The van der Waals surface area contributed by atoms with Crippen LogP contribution in [-0.4, -0.2) is 26.0 Å². The molecule has 0 unspecified atom stereocenters. The van der Waals surface area contributed by atoms with E-state index >= 15 is 0 Å². The molecule has 0 aliphatic heterocycles. The molecule has 1 rings (SSSR count). The number of rotatable bonds is 6. The Bertz CT molecular complexity index is 143. The van der Waals surface area contributed by atoms with Crippen molar-refractivity contribution in [2.45, 2.75) is 25.7 Å². The fourth-order valence-electron chi connectivity index (χ4n) is 1.21. The van der Waals surface area contributed by atoms with Gasteiger partial charge in [0.25, 0.3) is 0 Å². The van der Waals surface area contributed by atoms with Crippen LogP contribution in [0.25, 0.3) is 0 Å². The molecular weight excluding hydrogens is 152 g/mol. The highest BCUT2D eigenvalue weighted by Gasteiger charge is 2.19. The second-order valence-corrected chi connectivity index (χ2v) is 3.44. The van der Waals surface area contributed by atoms with Crippen LogP contribution in [0.2, 0.25) is 0 Å². The van der Waals surface area contributed by atoms with E-state index in [1.54, 1.807) is 7.05 Å². The van der Waals surface area contributed by atoms with Crippen molar-refractivity contribution in [3.05, 3.63) is 0 Å². The third-order valence-electron chi connectivity index (χ3n) is 2.23. The van der Waals surface area contributed by atoms with Crippen LogP contribution in [0.3, 0.4) is 0 Å². The van der Waals surface area contributed by atoms with Crippen molar-refractivity contribution >= 4 is 5.91 Å². The first-order valence-electron chi connectivity index (χ1n) is 4.74. The number of hydrogen-bond donors (Lipinski definition) is 2. The molecule has 3 heteroatoms. The molecule has 70 valence electrons. The minimum Gasteiger partial charge on any atom is -0.358 e. The second kappa shape index (κ2) is 5.14. The van der Waals surface area contributed by atoms with Gasteiger partial charge in [-0.1, -0.05) is 12.8 Å². The van der Waals surface area contributed by atoms with Gasteiger partial charge in [-0.2, -0.15) is 0 Å². The van der Waals surface area contributed by atoms with E-state index < -0.39 is 0 Å². The number of carbonyl (C=O) groups excluding carboxylic acids is 1. The minimum absolute atomic E-state index is 0.0708. The van der Waals surface area contributed by atoms with Gasteiger partial charge in [0.2, 0.25) is 5.91 Å². The van der Waals surface area contributed by atoms with Gasteiger partial charge in [0.05, 0.1) is 6.54 Å². The van der Waals surface area contributed by atoms with Crippen LogP contribution in [0.4, 0.5) is 0 Å². The molecule has 1 aliphatic carbocycles. The summed E-state index contributed by atoms with van der Waals surface area (Å²) in [4.78, 5) is 10.7. The summed E-state index contributed by atoms with van der Waals surface area (Å²) in [6, 6.07) is 0. The molecule has 0 saturated heterocycles. The quantitative estimate of drug-likeness (QED) is 0.570. The number of amides is 1. The normalized spacial score (nSPS) is 16.1. The lowest BCUT2D eigenvalue weighted by Gasteiger charge is -2.02. The van der Waals surface area contributed by atoms with Crippen LogP contribution in [0.5, 0.6) is 0 Å². The lowest BCUT2D eigenvalue weighted by molar-refractivity contribution is -0.119. The first-order chi connectivity index (χ1) is 5.83. The van der Waals surface area contributed by atoms with Crippen molar-refractivity contribution in [1.29, 1.82) is 0 Å². The molecule has 0 atom stereocenters. The highest BCUT2D eigenvalue weighted by atomic mass is 16.1. The Morgan fingerprint density at radius 3 is 2.83 bits per heavy atom. The SMILES string of the molecule is CNC(=O)CNCCCC1CC1. The van der Waals surface area contributed by atoms with Gasteiger partial charge in [0, 0.05) is 7.05 Å². The molecule has 2 N–H and O–H groups in total. The maximum atomic E-state index is 10.7. The Morgan fingerprint density at radius 2 is 2.25 bits per heavy atom. The van der Waals surface area contributed by atoms with E-state index in [1.807, 2.05) is 0 Å². The van der Waals surface area contributed by atoms with Gasteiger partial charge < -0.3 is 10.6 Å². The molecule has 12 heavy (non-hydrogen) atoms. The standard InChI is InChI=1S/C9H18N2O/c1-10-9(12)7-11-6-2-3-8-4-5-8/h8,11H,2-7H2,1H3,(H,10,12). The van der Waals surface area contributed by atoms with Gasteiger partial charge in [-0.15, -0.1) is 0 Å². The van der Waals surface area contributed by atoms with Gasteiger partial charge in [0.1, 0.15) is 0 Å². The summed E-state index contributed by atoms with van der Waals surface area (Å²) in [7, 11) is 1.66.